The lowest BCUT2D eigenvalue weighted by atomic mass is 9.87. The molecule has 3 heterocycles. The summed E-state index contributed by atoms with van der Waals surface area (Å²) >= 11 is 0. The molecule has 0 unspecified atom stereocenters. The third-order valence-electron chi connectivity index (χ3n) is 5.85. The molecule has 0 saturated carbocycles. The molecule has 3 aromatic heterocycles. The first-order valence-corrected chi connectivity index (χ1v) is 12.6. The van der Waals surface area contributed by atoms with Gasteiger partial charge in [0.05, 0.1) is 28.0 Å². The van der Waals surface area contributed by atoms with Gasteiger partial charge in [-0.2, -0.15) is 0 Å². The zero-order chi connectivity index (χ0) is 25.0. The van der Waals surface area contributed by atoms with E-state index in [0.717, 1.165) is 16.5 Å². The van der Waals surface area contributed by atoms with E-state index in [1.165, 1.54) is 0 Å². The van der Waals surface area contributed by atoms with Crippen LogP contribution in [0.3, 0.4) is 0 Å². The molecular weight excluding hydrogens is 462 g/mol. The van der Waals surface area contributed by atoms with Crippen LogP contribution in [0.5, 0.6) is 0 Å². The molecule has 8 nitrogen and oxygen atoms in total. The summed E-state index contributed by atoms with van der Waals surface area (Å²) in [5.41, 5.74) is 4.21. The highest BCUT2D eigenvalue weighted by Crippen LogP contribution is 2.32. The van der Waals surface area contributed by atoms with Gasteiger partial charge in [-0.25, -0.2) is 18.4 Å². The first-order chi connectivity index (χ1) is 16.5. The standard InChI is InChI=1S/C26H25N5O3S/c1-15-5-7-17(8-6-15)35(33,34)31-21-12-16(11-20-18(21)9-10-27-20)22-14-29-25-23(30-22)19(13-28-25)24(32)26(2,3)4/h5-14,27,31H,1-4H3,(H,28,29). The minimum Gasteiger partial charge on any atom is -0.361 e. The van der Waals surface area contributed by atoms with E-state index in [1.807, 2.05) is 39.8 Å². The highest BCUT2D eigenvalue weighted by Gasteiger charge is 2.26. The minimum absolute atomic E-state index is 0.0402. The number of rotatable bonds is 5. The van der Waals surface area contributed by atoms with Crippen LogP contribution in [-0.2, 0) is 10.0 Å². The molecule has 0 saturated heterocycles. The van der Waals surface area contributed by atoms with Gasteiger partial charge in [0.2, 0.25) is 0 Å². The van der Waals surface area contributed by atoms with Gasteiger partial charge in [-0.3, -0.25) is 9.52 Å². The van der Waals surface area contributed by atoms with Crippen LogP contribution in [-0.4, -0.2) is 34.1 Å². The maximum atomic E-state index is 13.1. The Morgan fingerprint density at radius 3 is 2.49 bits per heavy atom. The number of anilines is 1. The number of aryl methyl sites for hydroxylation is 1. The van der Waals surface area contributed by atoms with E-state index in [4.69, 9.17) is 4.98 Å². The van der Waals surface area contributed by atoms with Gasteiger partial charge in [-0.1, -0.05) is 38.5 Å². The lowest BCUT2D eigenvalue weighted by Crippen LogP contribution is -2.20. The summed E-state index contributed by atoms with van der Waals surface area (Å²) in [4.78, 5) is 28.4. The third kappa shape index (κ3) is 4.19. The molecule has 0 radical (unpaired) electrons. The van der Waals surface area contributed by atoms with Crippen molar-refractivity contribution in [3.05, 3.63) is 72.2 Å². The molecule has 0 aliphatic carbocycles. The number of fused-ring (bicyclic) bond motifs is 2. The highest BCUT2D eigenvalue weighted by atomic mass is 32.2. The SMILES string of the molecule is Cc1ccc(S(=O)(=O)Nc2cc(-c3cnc4[nH]cc(C(=O)C(C)(C)C)c4n3)cc3[nH]ccc23)cc1. The summed E-state index contributed by atoms with van der Waals surface area (Å²) in [6.07, 6.45) is 4.99. The largest absolute Gasteiger partial charge is 0.361 e. The molecule has 5 aromatic rings. The van der Waals surface area contributed by atoms with Gasteiger partial charge < -0.3 is 9.97 Å². The van der Waals surface area contributed by atoms with Gasteiger partial charge in [-0.05, 0) is 37.3 Å². The summed E-state index contributed by atoms with van der Waals surface area (Å²) < 4.78 is 28.9. The second-order valence-electron chi connectivity index (χ2n) is 9.62. The van der Waals surface area contributed by atoms with Gasteiger partial charge in [-0.15, -0.1) is 0 Å². The zero-order valence-corrected chi connectivity index (χ0v) is 20.6. The van der Waals surface area contributed by atoms with Crippen LogP contribution >= 0.6 is 0 Å². The Bertz CT molecular complexity index is 1690. The molecule has 0 fully saturated rings. The van der Waals surface area contributed by atoms with Gasteiger partial charge in [0, 0.05) is 34.3 Å². The van der Waals surface area contributed by atoms with Crippen molar-refractivity contribution in [2.24, 2.45) is 5.41 Å². The zero-order valence-electron chi connectivity index (χ0n) is 19.8. The molecule has 0 spiro atoms. The predicted molar refractivity (Wildman–Crippen MR) is 137 cm³/mol. The van der Waals surface area contributed by atoms with Crippen molar-refractivity contribution < 1.29 is 13.2 Å². The number of carbonyl (C=O) groups excluding carboxylic acids is 1. The number of Topliss-reactive ketones (excluding diaryl/α,β-unsaturated/α-hetero) is 1. The van der Waals surface area contributed by atoms with Gasteiger partial charge in [0.15, 0.2) is 11.4 Å². The number of sulfonamides is 1. The Morgan fingerprint density at radius 1 is 1.03 bits per heavy atom. The number of nitrogens with one attached hydrogen (secondary N) is 3. The maximum absolute atomic E-state index is 13.1. The fourth-order valence-electron chi connectivity index (χ4n) is 3.93. The number of hydrogen-bond acceptors (Lipinski definition) is 5. The molecule has 178 valence electrons. The quantitative estimate of drug-likeness (QED) is 0.285. The van der Waals surface area contributed by atoms with Crippen molar-refractivity contribution in [2.45, 2.75) is 32.6 Å². The number of carbonyl (C=O) groups is 1. The lowest BCUT2D eigenvalue weighted by molar-refractivity contribution is 0.0860. The Morgan fingerprint density at radius 2 is 1.77 bits per heavy atom. The third-order valence-corrected chi connectivity index (χ3v) is 7.23. The van der Waals surface area contributed by atoms with Crippen molar-refractivity contribution in [1.29, 1.82) is 0 Å². The molecule has 0 bridgehead atoms. The van der Waals surface area contributed by atoms with Gasteiger partial charge in [0.1, 0.15) is 5.52 Å². The summed E-state index contributed by atoms with van der Waals surface area (Å²) in [7, 11) is -3.81. The molecule has 0 aliphatic heterocycles. The number of nitrogens with zero attached hydrogens (tertiary/aromatic N) is 2. The van der Waals surface area contributed by atoms with E-state index in [0.29, 0.717) is 33.7 Å². The maximum Gasteiger partial charge on any atom is 0.261 e. The van der Waals surface area contributed by atoms with Crippen molar-refractivity contribution in [3.8, 4) is 11.3 Å². The van der Waals surface area contributed by atoms with E-state index in [-0.39, 0.29) is 10.7 Å². The number of H-pyrrole nitrogens is 2. The normalized spacial score (nSPS) is 12.3. The number of aromatic nitrogens is 4. The van der Waals surface area contributed by atoms with Crippen LogP contribution < -0.4 is 4.72 Å². The summed E-state index contributed by atoms with van der Waals surface area (Å²) in [6.45, 7) is 7.48. The Balaban J connectivity index is 1.61. The monoisotopic (exact) mass is 487 g/mol. The Hall–Kier alpha value is -3.98. The molecule has 3 N–H and O–H groups in total. The van der Waals surface area contributed by atoms with Crippen molar-refractivity contribution >= 4 is 43.6 Å². The van der Waals surface area contributed by atoms with Crippen LogP contribution in [0.15, 0.2) is 66.0 Å². The van der Waals surface area contributed by atoms with E-state index in [9.17, 15) is 13.2 Å². The smallest absolute Gasteiger partial charge is 0.261 e. The molecule has 0 amide bonds. The molecule has 0 atom stereocenters. The summed E-state index contributed by atoms with van der Waals surface area (Å²) in [5.74, 6) is -0.0402. The Kier molecular flexibility index (Phi) is 5.25. The predicted octanol–water partition coefficient (Wildman–Crippen LogP) is 5.44. The van der Waals surface area contributed by atoms with E-state index < -0.39 is 15.4 Å². The van der Waals surface area contributed by atoms with Crippen molar-refractivity contribution in [1.82, 2.24) is 19.9 Å². The first kappa shape index (κ1) is 22.8. The van der Waals surface area contributed by atoms with Gasteiger partial charge in [0.25, 0.3) is 10.0 Å². The summed E-state index contributed by atoms with van der Waals surface area (Å²) in [5, 5.41) is 0.726. The van der Waals surface area contributed by atoms with E-state index in [2.05, 4.69) is 19.7 Å². The number of benzene rings is 2. The first-order valence-electron chi connectivity index (χ1n) is 11.1. The fourth-order valence-corrected chi connectivity index (χ4v) is 5.00. The second-order valence-corrected chi connectivity index (χ2v) is 11.3. The minimum atomic E-state index is -3.81. The molecule has 35 heavy (non-hydrogen) atoms. The average Bonchev–Trinajstić information content (AvgIpc) is 3.44. The molecule has 9 heteroatoms. The number of aromatic amines is 2. The molecular formula is C26H25N5O3S. The van der Waals surface area contributed by atoms with Crippen LogP contribution in [0.2, 0.25) is 0 Å². The van der Waals surface area contributed by atoms with E-state index >= 15 is 0 Å². The topological polar surface area (TPSA) is 121 Å². The number of ketones is 1. The van der Waals surface area contributed by atoms with Gasteiger partial charge >= 0.3 is 0 Å². The van der Waals surface area contributed by atoms with Crippen LogP contribution in [0, 0.1) is 12.3 Å². The molecule has 0 aliphatic rings. The highest BCUT2D eigenvalue weighted by molar-refractivity contribution is 7.92. The fraction of sp³-hybridized carbons (Fsp3) is 0.192. The van der Waals surface area contributed by atoms with Crippen molar-refractivity contribution in [2.75, 3.05) is 4.72 Å². The Labute approximate surface area is 202 Å². The van der Waals surface area contributed by atoms with Crippen molar-refractivity contribution in [3.63, 3.8) is 0 Å². The van der Waals surface area contributed by atoms with Crippen LogP contribution in [0.1, 0.15) is 36.7 Å². The second kappa shape index (κ2) is 8.06. The lowest BCUT2D eigenvalue weighted by Gasteiger charge is -2.15. The average molecular weight is 488 g/mol. The summed E-state index contributed by atoms with van der Waals surface area (Å²) in [6, 6.07) is 12.1. The molecule has 5 rings (SSSR count). The van der Waals surface area contributed by atoms with E-state index in [1.54, 1.807) is 48.9 Å². The van der Waals surface area contributed by atoms with Crippen LogP contribution in [0.25, 0.3) is 33.3 Å². The number of hydrogen-bond donors (Lipinski definition) is 3. The molecule has 2 aromatic carbocycles. The van der Waals surface area contributed by atoms with Crippen LogP contribution in [0.4, 0.5) is 5.69 Å².